The fourth-order valence-corrected chi connectivity index (χ4v) is 2.57. The number of pyridine rings is 1. The first kappa shape index (κ1) is 20.0. The normalized spacial score (nSPS) is 11.4. The zero-order valence-electron chi connectivity index (χ0n) is 15.8. The number of carbonyl (C=O) groups is 1. The van der Waals surface area contributed by atoms with Crippen molar-refractivity contribution in [3.63, 3.8) is 0 Å². The summed E-state index contributed by atoms with van der Waals surface area (Å²) >= 11 is 0. The van der Waals surface area contributed by atoms with Crippen LogP contribution in [0.2, 0.25) is 0 Å². The summed E-state index contributed by atoms with van der Waals surface area (Å²) in [5.41, 5.74) is 1.37. The van der Waals surface area contributed by atoms with Crippen LogP contribution < -0.4 is 15.0 Å². The second kappa shape index (κ2) is 8.90. The van der Waals surface area contributed by atoms with Crippen LogP contribution in [-0.2, 0) is 9.53 Å². The number of hydrogen-bond acceptors (Lipinski definition) is 6. The predicted molar refractivity (Wildman–Crippen MR) is 99.8 cm³/mol. The van der Waals surface area contributed by atoms with Gasteiger partial charge in [-0.1, -0.05) is 6.07 Å². The highest BCUT2D eigenvalue weighted by atomic mass is 16.6. The topological polar surface area (TPSA) is 101 Å². The van der Waals surface area contributed by atoms with E-state index in [-0.39, 0.29) is 12.2 Å². The lowest BCUT2D eigenvalue weighted by Crippen LogP contribution is -2.26. The van der Waals surface area contributed by atoms with Gasteiger partial charge < -0.3 is 19.2 Å². The van der Waals surface area contributed by atoms with Gasteiger partial charge in [-0.2, -0.15) is 5.26 Å². The lowest BCUT2D eigenvalue weighted by Gasteiger charge is -2.17. The summed E-state index contributed by atoms with van der Waals surface area (Å²) in [6.45, 7) is 7.53. The average molecular weight is 370 g/mol. The maximum atomic E-state index is 12.0. The van der Waals surface area contributed by atoms with Crippen molar-refractivity contribution in [2.24, 2.45) is 0 Å². The Labute approximate surface area is 157 Å². The molecule has 1 heterocycles. The molecular weight excluding hydrogens is 348 g/mol. The summed E-state index contributed by atoms with van der Waals surface area (Å²) in [6, 6.07) is 8.71. The Balaban J connectivity index is 2.46. The van der Waals surface area contributed by atoms with Crippen molar-refractivity contribution in [1.29, 1.82) is 5.26 Å². The van der Waals surface area contributed by atoms with E-state index in [1.165, 1.54) is 0 Å². The number of aromatic amines is 1. The van der Waals surface area contributed by atoms with E-state index in [1.54, 1.807) is 45.0 Å². The van der Waals surface area contributed by atoms with Gasteiger partial charge in [-0.3, -0.25) is 4.79 Å². The fraction of sp³-hybridized carbons (Fsp3) is 0.350. The maximum Gasteiger partial charge on any atom is 0.347 e. The lowest BCUT2D eigenvalue weighted by molar-refractivity contribution is -0.150. The summed E-state index contributed by atoms with van der Waals surface area (Å²) in [5.74, 6) is 0.315. The first-order valence-corrected chi connectivity index (χ1v) is 8.65. The third-order valence-electron chi connectivity index (χ3n) is 3.76. The number of rotatable bonds is 7. The van der Waals surface area contributed by atoms with E-state index in [0.29, 0.717) is 34.9 Å². The highest BCUT2D eigenvalue weighted by Gasteiger charge is 2.19. The van der Waals surface area contributed by atoms with E-state index in [0.717, 1.165) is 0 Å². The first-order valence-electron chi connectivity index (χ1n) is 8.65. The Bertz CT molecular complexity index is 927. The van der Waals surface area contributed by atoms with Crippen LogP contribution in [-0.4, -0.2) is 30.3 Å². The van der Waals surface area contributed by atoms with Crippen LogP contribution in [0.4, 0.5) is 0 Å². The Morgan fingerprint density at radius 1 is 1.22 bits per heavy atom. The van der Waals surface area contributed by atoms with E-state index >= 15 is 0 Å². The number of hydrogen-bond donors (Lipinski definition) is 1. The van der Waals surface area contributed by atoms with E-state index in [4.69, 9.17) is 14.2 Å². The van der Waals surface area contributed by atoms with Crippen molar-refractivity contribution in [2.75, 3.05) is 13.2 Å². The Morgan fingerprint density at radius 2 is 1.96 bits per heavy atom. The van der Waals surface area contributed by atoms with Gasteiger partial charge in [0.1, 0.15) is 11.6 Å². The van der Waals surface area contributed by atoms with Crippen molar-refractivity contribution >= 4 is 5.97 Å². The first-order chi connectivity index (χ1) is 12.9. The van der Waals surface area contributed by atoms with Crippen molar-refractivity contribution in [3.8, 4) is 28.7 Å². The standard InChI is InChI=1S/C20H22N2O5/c1-5-25-18-10-14(15-9-12(3)22-19(23)16(15)11-21)7-8-17(18)27-13(4)20(24)26-6-2/h7-10,13H,5-6H2,1-4H3,(H,22,23). The van der Waals surface area contributed by atoms with E-state index < -0.39 is 17.6 Å². The molecule has 1 aromatic carbocycles. The van der Waals surface area contributed by atoms with Gasteiger partial charge in [0.15, 0.2) is 17.6 Å². The Hall–Kier alpha value is -3.27. The number of carbonyl (C=O) groups excluding carboxylic acids is 1. The minimum atomic E-state index is -0.800. The van der Waals surface area contributed by atoms with Crippen LogP contribution >= 0.6 is 0 Å². The SMILES string of the molecule is CCOC(=O)C(C)Oc1ccc(-c2cc(C)[nH]c(=O)c2C#N)cc1OCC. The molecular formula is C20H22N2O5. The van der Waals surface area contributed by atoms with Gasteiger partial charge in [0.2, 0.25) is 0 Å². The molecule has 2 rings (SSSR count). The molecule has 0 aliphatic carbocycles. The van der Waals surface area contributed by atoms with Crippen LogP contribution in [0.15, 0.2) is 29.1 Å². The molecule has 142 valence electrons. The highest BCUT2D eigenvalue weighted by molar-refractivity contribution is 5.75. The summed E-state index contributed by atoms with van der Waals surface area (Å²) < 4.78 is 16.2. The second-order valence-electron chi connectivity index (χ2n) is 5.79. The molecule has 1 aromatic heterocycles. The molecule has 0 amide bonds. The molecule has 0 spiro atoms. The van der Waals surface area contributed by atoms with Crippen LogP contribution in [0.5, 0.6) is 11.5 Å². The highest BCUT2D eigenvalue weighted by Crippen LogP contribution is 2.34. The molecule has 2 aromatic rings. The van der Waals surface area contributed by atoms with Gasteiger partial charge in [-0.05, 0) is 51.5 Å². The molecule has 0 aliphatic heterocycles. The Morgan fingerprint density at radius 3 is 2.59 bits per heavy atom. The molecule has 0 saturated heterocycles. The fourth-order valence-electron chi connectivity index (χ4n) is 2.57. The van der Waals surface area contributed by atoms with Crippen LogP contribution in [0.25, 0.3) is 11.1 Å². The van der Waals surface area contributed by atoms with Gasteiger partial charge in [-0.25, -0.2) is 4.79 Å². The molecule has 7 nitrogen and oxygen atoms in total. The average Bonchev–Trinajstić information content (AvgIpc) is 2.63. The molecule has 1 unspecified atom stereocenters. The Kier molecular flexibility index (Phi) is 6.61. The summed E-state index contributed by atoms with van der Waals surface area (Å²) in [6.07, 6.45) is -0.800. The van der Waals surface area contributed by atoms with E-state index in [2.05, 4.69) is 4.98 Å². The number of aryl methyl sites for hydroxylation is 1. The summed E-state index contributed by atoms with van der Waals surface area (Å²) in [4.78, 5) is 26.5. The number of H-pyrrole nitrogens is 1. The molecule has 0 radical (unpaired) electrons. The minimum absolute atomic E-state index is 0.0246. The third kappa shape index (κ3) is 4.67. The van der Waals surface area contributed by atoms with Crippen LogP contribution in [0.3, 0.4) is 0 Å². The molecule has 7 heteroatoms. The summed E-state index contributed by atoms with van der Waals surface area (Å²) in [5, 5.41) is 9.33. The lowest BCUT2D eigenvalue weighted by atomic mass is 10.0. The predicted octanol–water partition coefficient (Wildman–Crippen LogP) is 2.95. The number of nitrogens with one attached hydrogen (secondary N) is 1. The number of esters is 1. The monoisotopic (exact) mass is 370 g/mol. The van der Waals surface area contributed by atoms with Gasteiger partial charge in [0, 0.05) is 11.3 Å². The van der Waals surface area contributed by atoms with Crippen LogP contribution in [0.1, 0.15) is 32.0 Å². The largest absolute Gasteiger partial charge is 0.490 e. The van der Waals surface area contributed by atoms with Crippen molar-refractivity contribution < 1.29 is 19.0 Å². The van der Waals surface area contributed by atoms with E-state index in [1.807, 2.05) is 13.0 Å². The van der Waals surface area contributed by atoms with Crippen molar-refractivity contribution in [1.82, 2.24) is 4.98 Å². The molecule has 0 fully saturated rings. The van der Waals surface area contributed by atoms with Crippen LogP contribution in [0, 0.1) is 18.3 Å². The molecule has 0 saturated carbocycles. The van der Waals surface area contributed by atoms with Gasteiger partial charge in [0.05, 0.1) is 13.2 Å². The maximum absolute atomic E-state index is 12.0. The quantitative estimate of drug-likeness (QED) is 0.752. The number of aromatic nitrogens is 1. The number of ether oxygens (including phenoxy) is 3. The van der Waals surface area contributed by atoms with Gasteiger partial charge >= 0.3 is 5.97 Å². The van der Waals surface area contributed by atoms with E-state index in [9.17, 15) is 14.9 Å². The molecule has 1 atom stereocenters. The van der Waals surface area contributed by atoms with Crippen molar-refractivity contribution in [3.05, 3.63) is 45.9 Å². The second-order valence-corrected chi connectivity index (χ2v) is 5.79. The zero-order valence-corrected chi connectivity index (χ0v) is 15.8. The van der Waals surface area contributed by atoms with Crippen molar-refractivity contribution in [2.45, 2.75) is 33.8 Å². The minimum Gasteiger partial charge on any atom is -0.490 e. The molecule has 27 heavy (non-hydrogen) atoms. The molecule has 1 N–H and O–H groups in total. The van der Waals surface area contributed by atoms with Gasteiger partial charge in [-0.15, -0.1) is 0 Å². The number of nitriles is 1. The third-order valence-corrected chi connectivity index (χ3v) is 3.76. The zero-order chi connectivity index (χ0) is 20.0. The summed E-state index contributed by atoms with van der Waals surface area (Å²) in [7, 11) is 0. The smallest absolute Gasteiger partial charge is 0.347 e. The molecule has 0 aliphatic rings. The molecule has 0 bridgehead atoms. The number of benzene rings is 1. The number of nitrogens with zero attached hydrogens (tertiary/aromatic N) is 1. The van der Waals surface area contributed by atoms with Gasteiger partial charge in [0.25, 0.3) is 5.56 Å².